The number of unbranched alkanes of at least 4 members (excludes halogenated alkanes) is 5. The molecule has 29 heavy (non-hydrogen) atoms. The molecule has 0 aromatic heterocycles. The van der Waals surface area contributed by atoms with Crippen molar-refractivity contribution in [2.75, 3.05) is 26.3 Å². The van der Waals surface area contributed by atoms with E-state index in [1.807, 2.05) is 0 Å². The summed E-state index contributed by atoms with van der Waals surface area (Å²) in [4.78, 5) is 2.55. The van der Waals surface area contributed by atoms with Gasteiger partial charge in [-0.25, -0.2) is 0 Å². The van der Waals surface area contributed by atoms with E-state index in [2.05, 4.69) is 69.1 Å². The number of rotatable bonds is 12. The topological polar surface area (TPSA) is 21.7 Å². The van der Waals surface area contributed by atoms with Crippen LogP contribution >= 0.6 is 0 Å². The third-order valence-corrected chi connectivity index (χ3v) is 11.2. The zero-order valence-corrected chi connectivity index (χ0v) is 20.7. The van der Waals surface area contributed by atoms with Gasteiger partial charge in [-0.15, -0.1) is 0 Å². The zero-order chi connectivity index (χ0) is 21.2. The van der Waals surface area contributed by atoms with Crippen LogP contribution in [0.4, 0.5) is 0 Å². The lowest BCUT2D eigenvalue weighted by molar-refractivity contribution is -0.0358. The predicted octanol–water partition coefficient (Wildman–Crippen LogP) is 6.64. The molecule has 1 aliphatic rings. The van der Waals surface area contributed by atoms with Crippen molar-refractivity contribution in [3.8, 4) is 0 Å². The minimum atomic E-state index is -1.55. The molecule has 166 valence electrons. The Bertz CT molecular complexity index is 556. The van der Waals surface area contributed by atoms with Gasteiger partial charge in [0.05, 0.1) is 12.7 Å². The Kier molecular flexibility index (Phi) is 10.4. The lowest BCUT2D eigenvalue weighted by Crippen LogP contribution is -2.41. The molecular weight excluding hydrogens is 374 g/mol. The van der Waals surface area contributed by atoms with Gasteiger partial charge in [-0.2, -0.15) is 0 Å². The molecule has 0 spiro atoms. The summed E-state index contributed by atoms with van der Waals surface area (Å²) >= 11 is 0. The van der Waals surface area contributed by atoms with Crippen molar-refractivity contribution in [1.82, 2.24) is 4.90 Å². The van der Waals surface area contributed by atoms with Crippen LogP contribution in [0.1, 0.15) is 71.3 Å². The Morgan fingerprint density at radius 2 is 1.66 bits per heavy atom. The summed E-state index contributed by atoms with van der Waals surface area (Å²) in [7, 11) is -1.55. The van der Waals surface area contributed by atoms with Gasteiger partial charge in [0.15, 0.2) is 8.32 Å². The molecule has 2 rings (SSSR count). The molecule has 1 unspecified atom stereocenters. The van der Waals surface area contributed by atoms with Crippen molar-refractivity contribution in [3.05, 3.63) is 35.9 Å². The third kappa shape index (κ3) is 9.33. The van der Waals surface area contributed by atoms with E-state index in [1.54, 1.807) is 0 Å². The molecule has 4 heteroatoms. The normalized spacial score (nSPS) is 18.9. The summed E-state index contributed by atoms with van der Waals surface area (Å²) in [6.07, 6.45) is 9.47. The molecule has 1 aliphatic heterocycles. The van der Waals surface area contributed by atoms with E-state index >= 15 is 0 Å². The molecule has 1 atom stereocenters. The Labute approximate surface area is 181 Å². The van der Waals surface area contributed by atoms with Crippen molar-refractivity contribution in [3.63, 3.8) is 0 Å². The second-order valence-corrected chi connectivity index (χ2v) is 15.0. The van der Waals surface area contributed by atoms with Crippen LogP contribution in [0.15, 0.2) is 30.3 Å². The quantitative estimate of drug-likeness (QED) is 0.280. The average molecular weight is 420 g/mol. The van der Waals surface area contributed by atoms with E-state index in [1.165, 1.54) is 50.5 Å². The van der Waals surface area contributed by atoms with Crippen LogP contribution in [0.5, 0.6) is 0 Å². The molecule has 0 saturated carbocycles. The zero-order valence-electron chi connectivity index (χ0n) is 19.7. The second kappa shape index (κ2) is 12.2. The minimum absolute atomic E-state index is 0.324. The number of hydrogen-bond acceptors (Lipinski definition) is 3. The molecule has 1 aromatic rings. The molecule has 3 nitrogen and oxygen atoms in total. The van der Waals surface area contributed by atoms with Crippen molar-refractivity contribution in [1.29, 1.82) is 0 Å². The molecule has 0 amide bonds. The number of morpholine rings is 1. The molecule has 1 heterocycles. The van der Waals surface area contributed by atoms with Gasteiger partial charge in [0.1, 0.15) is 0 Å². The van der Waals surface area contributed by atoms with Crippen LogP contribution in [-0.2, 0) is 15.7 Å². The fourth-order valence-corrected chi connectivity index (χ4v) is 4.75. The summed E-state index contributed by atoms with van der Waals surface area (Å²) in [6, 6.07) is 10.8. The molecule has 1 fully saturated rings. The monoisotopic (exact) mass is 419 g/mol. The van der Waals surface area contributed by atoms with Gasteiger partial charge >= 0.3 is 0 Å². The van der Waals surface area contributed by atoms with Crippen LogP contribution in [0.3, 0.4) is 0 Å². The molecule has 0 radical (unpaired) electrons. The fourth-order valence-electron chi connectivity index (χ4n) is 3.67. The third-order valence-electron chi connectivity index (χ3n) is 6.66. The van der Waals surface area contributed by atoms with E-state index in [0.29, 0.717) is 11.1 Å². The van der Waals surface area contributed by atoms with Gasteiger partial charge in [-0.1, -0.05) is 83.2 Å². The number of nitrogens with zero attached hydrogens (tertiary/aromatic N) is 1. The molecule has 0 aliphatic carbocycles. The highest BCUT2D eigenvalue weighted by Gasteiger charge is 2.36. The van der Waals surface area contributed by atoms with Crippen LogP contribution in [0.25, 0.3) is 0 Å². The molecular formula is C25H45NO2Si. The highest BCUT2D eigenvalue weighted by molar-refractivity contribution is 6.74. The first kappa shape index (κ1) is 24.6. The van der Waals surface area contributed by atoms with E-state index in [9.17, 15) is 0 Å². The van der Waals surface area contributed by atoms with E-state index in [4.69, 9.17) is 9.16 Å². The highest BCUT2D eigenvalue weighted by atomic mass is 28.4. The maximum absolute atomic E-state index is 6.27. The highest BCUT2D eigenvalue weighted by Crippen LogP contribution is 2.36. The number of hydrogen-bond donors (Lipinski definition) is 0. The van der Waals surface area contributed by atoms with Crippen molar-refractivity contribution in [2.24, 2.45) is 0 Å². The van der Waals surface area contributed by atoms with E-state index in [0.717, 1.165) is 32.8 Å². The Hall–Kier alpha value is -0.683. The summed E-state index contributed by atoms with van der Waals surface area (Å²) in [6.45, 7) is 16.7. The number of ether oxygens (including phenoxy) is 1. The summed E-state index contributed by atoms with van der Waals surface area (Å²) < 4.78 is 12.3. The molecule has 0 N–H and O–H groups in total. The number of benzene rings is 1. The molecule has 0 bridgehead atoms. The Morgan fingerprint density at radius 1 is 1.00 bits per heavy atom. The van der Waals surface area contributed by atoms with Crippen LogP contribution < -0.4 is 0 Å². The smallest absolute Gasteiger partial charge is 0.191 e. The lowest BCUT2D eigenvalue weighted by Gasteiger charge is -2.36. The maximum Gasteiger partial charge on any atom is 0.191 e. The van der Waals surface area contributed by atoms with Crippen molar-refractivity contribution < 1.29 is 9.16 Å². The van der Waals surface area contributed by atoms with E-state index < -0.39 is 8.32 Å². The van der Waals surface area contributed by atoms with Gasteiger partial charge in [-0.05, 0) is 36.5 Å². The first-order chi connectivity index (χ1) is 13.8. The minimum Gasteiger partial charge on any atom is -0.417 e. The predicted molar refractivity (Wildman–Crippen MR) is 127 cm³/mol. The van der Waals surface area contributed by atoms with Crippen molar-refractivity contribution in [2.45, 2.75) is 96.5 Å². The summed E-state index contributed by atoms with van der Waals surface area (Å²) in [5.74, 6) is 0. The summed E-state index contributed by atoms with van der Waals surface area (Å²) in [5, 5.41) is 0.324. The maximum atomic E-state index is 6.27. The van der Waals surface area contributed by atoms with E-state index in [-0.39, 0.29) is 0 Å². The van der Waals surface area contributed by atoms with Crippen LogP contribution in [0, 0.1) is 0 Å². The Morgan fingerprint density at radius 3 is 2.34 bits per heavy atom. The second-order valence-electron chi connectivity index (χ2n) is 10.2. The van der Waals surface area contributed by atoms with Gasteiger partial charge in [0.25, 0.3) is 0 Å². The fraction of sp³-hybridized carbons (Fsp3) is 0.760. The van der Waals surface area contributed by atoms with Gasteiger partial charge < -0.3 is 9.16 Å². The molecule has 1 saturated heterocycles. The van der Waals surface area contributed by atoms with Crippen LogP contribution in [-0.4, -0.2) is 45.6 Å². The Balaban J connectivity index is 1.48. The first-order valence-corrected chi connectivity index (χ1v) is 14.7. The standard InChI is InChI=1S/C25H45NO2Si/c1-25(2,3)29(4,5)28-19-14-9-7-6-8-13-17-24-22-26(18-20-27-24)21-23-15-11-10-12-16-23/h10-12,15-16,24H,6-9,13-14,17-22H2,1-5H3. The first-order valence-electron chi connectivity index (χ1n) is 11.8. The van der Waals surface area contributed by atoms with Crippen molar-refractivity contribution >= 4 is 8.32 Å². The largest absolute Gasteiger partial charge is 0.417 e. The van der Waals surface area contributed by atoms with Gasteiger partial charge in [0, 0.05) is 26.2 Å². The average Bonchev–Trinajstić information content (AvgIpc) is 2.67. The lowest BCUT2D eigenvalue weighted by atomic mass is 10.1. The SMILES string of the molecule is CC(C)(C)[Si](C)(C)OCCCCCCCCC1CN(Cc2ccccc2)CCO1. The van der Waals surface area contributed by atoms with Gasteiger partial charge in [0.2, 0.25) is 0 Å². The molecule has 1 aromatic carbocycles. The van der Waals surface area contributed by atoms with Gasteiger partial charge in [-0.3, -0.25) is 4.90 Å². The summed E-state index contributed by atoms with van der Waals surface area (Å²) in [5.41, 5.74) is 1.41. The van der Waals surface area contributed by atoms with Crippen LogP contribution in [0.2, 0.25) is 18.1 Å².